The number of nitrogens with one attached hydrogen (secondary N) is 1. The Hall–Kier alpha value is -1.77. The van der Waals surface area contributed by atoms with Crippen LogP contribution in [-0.4, -0.2) is 15.8 Å². The molecule has 0 radical (unpaired) electrons. The van der Waals surface area contributed by atoms with E-state index in [1.54, 1.807) is 0 Å². The fraction of sp³-hybridized carbons (Fsp3) is 0.357. The highest BCUT2D eigenvalue weighted by Gasteiger charge is 2.30. The number of aryl methyl sites for hydroxylation is 1. The predicted molar refractivity (Wildman–Crippen MR) is 69.0 cm³/mol. The quantitative estimate of drug-likeness (QED) is 0.873. The van der Waals surface area contributed by atoms with Gasteiger partial charge < -0.3 is 5.32 Å². The van der Waals surface area contributed by atoms with Gasteiger partial charge in [-0.1, -0.05) is 30.3 Å². The molecule has 3 nitrogen and oxygen atoms in total. The van der Waals surface area contributed by atoms with Gasteiger partial charge in [0, 0.05) is 25.4 Å². The Morgan fingerprint density at radius 3 is 2.59 bits per heavy atom. The van der Waals surface area contributed by atoms with Crippen LogP contribution in [0.25, 0.3) is 0 Å². The Bertz CT molecular complexity index is 483. The molecule has 0 unspecified atom stereocenters. The summed E-state index contributed by atoms with van der Waals surface area (Å²) < 4.78 is 1.83. The highest BCUT2D eigenvalue weighted by molar-refractivity contribution is 5.36. The van der Waals surface area contributed by atoms with Crippen molar-refractivity contribution in [1.82, 2.24) is 9.78 Å². The second-order valence-corrected chi connectivity index (χ2v) is 4.79. The van der Waals surface area contributed by atoms with Crippen LogP contribution in [0.5, 0.6) is 0 Å². The standard InChI is InChI=1S/C14H17N3/c1-17-8-7-14(16-17)15-13-9-12(10-13)11-5-3-2-4-6-11/h2-8,12-13H,9-10H2,1H3,(H,15,16). The average molecular weight is 227 g/mol. The largest absolute Gasteiger partial charge is 0.366 e. The number of hydrogen-bond donors (Lipinski definition) is 1. The van der Waals surface area contributed by atoms with Crippen molar-refractivity contribution in [3.63, 3.8) is 0 Å². The molecular formula is C14H17N3. The lowest BCUT2D eigenvalue weighted by Gasteiger charge is -2.36. The number of rotatable bonds is 3. The van der Waals surface area contributed by atoms with Crippen LogP contribution >= 0.6 is 0 Å². The third kappa shape index (κ3) is 2.18. The van der Waals surface area contributed by atoms with Gasteiger partial charge in [0.25, 0.3) is 0 Å². The van der Waals surface area contributed by atoms with Crippen LogP contribution < -0.4 is 5.32 Å². The zero-order valence-electron chi connectivity index (χ0n) is 10.0. The zero-order valence-corrected chi connectivity index (χ0v) is 10.0. The van der Waals surface area contributed by atoms with Gasteiger partial charge in [-0.25, -0.2) is 0 Å². The van der Waals surface area contributed by atoms with E-state index in [2.05, 4.69) is 40.7 Å². The molecular weight excluding hydrogens is 210 g/mol. The van der Waals surface area contributed by atoms with Gasteiger partial charge in [0.15, 0.2) is 0 Å². The van der Waals surface area contributed by atoms with Gasteiger partial charge in [-0.05, 0) is 24.3 Å². The van der Waals surface area contributed by atoms with E-state index in [1.165, 1.54) is 18.4 Å². The first-order valence-corrected chi connectivity index (χ1v) is 6.12. The van der Waals surface area contributed by atoms with E-state index in [4.69, 9.17) is 0 Å². The van der Waals surface area contributed by atoms with Gasteiger partial charge in [0.2, 0.25) is 0 Å². The van der Waals surface area contributed by atoms with E-state index >= 15 is 0 Å². The van der Waals surface area contributed by atoms with Crippen molar-refractivity contribution in [3.8, 4) is 0 Å². The van der Waals surface area contributed by atoms with Gasteiger partial charge in [0.1, 0.15) is 5.82 Å². The molecule has 0 atom stereocenters. The van der Waals surface area contributed by atoms with Crippen LogP contribution in [0.15, 0.2) is 42.6 Å². The summed E-state index contributed by atoms with van der Waals surface area (Å²) >= 11 is 0. The fourth-order valence-corrected chi connectivity index (χ4v) is 2.43. The summed E-state index contributed by atoms with van der Waals surface area (Å²) in [6, 6.07) is 13.4. The summed E-state index contributed by atoms with van der Waals surface area (Å²) in [6.07, 6.45) is 4.39. The Balaban J connectivity index is 1.55. The molecule has 1 fully saturated rings. The van der Waals surface area contributed by atoms with E-state index in [-0.39, 0.29) is 0 Å². The topological polar surface area (TPSA) is 29.9 Å². The number of hydrogen-bond acceptors (Lipinski definition) is 2. The van der Waals surface area contributed by atoms with Crippen LogP contribution in [0.4, 0.5) is 5.82 Å². The summed E-state index contributed by atoms with van der Waals surface area (Å²) in [6.45, 7) is 0. The SMILES string of the molecule is Cn1ccc(NC2CC(c3ccccc3)C2)n1. The Morgan fingerprint density at radius 2 is 1.94 bits per heavy atom. The second-order valence-electron chi connectivity index (χ2n) is 4.79. The molecule has 1 aliphatic carbocycles. The molecule has 0 aliphatic heterocycles. The summed E-state index contributed by atoms with van der Waals surface area (Å²) in [5, 5.41) is 7.80. The Labute approximate surface area is 101 Å². The third-order valence-corrected chi connectivity index (χ3v) is 3.47. The minimum Gasteiger partial charge on any atom is -0.366 e. The van der Waals surface area contributed by atoms with Crippen molar-refractivity contribution in [3.05, 3.63) is 48.2 Å². The number of anilines is 1. The molecule has 1 N–H and O–H groups in total. The Kier molecular flexibility index (Phi) is 2.59. The molecule has 1 aliphatic rings. The number of aromatic nitrogens is 2. The highest BCUT2D eigenvalue weighted by atomic mass is 15.3. The van der Waals surface area contributed by atoms with E-state index in [9.17, 15) is 0 Å². The van der Waals surface area contributed by atoms with Crippen LogP contribution in [-0.2, 0) is 7.05 Å². The first-order valence-electron chi connectivity index (χ1n) is 6.12. The normalized spacial score (nSPS) is 23.1. The lowest BCUT2D eigenvalue weighted by molar-refractivity contribution is 0.373. The average Bonchev–Trinajstić information content (AvgIpc) is 2.70. The van der Waals surface area contributed by atoms with E-state index in [0.29, 0.717) is 6.04 Å². The van der Waals surface area contributed by atoms with Crippen molar-refractivity contribution in [2.24, 2.45) is 7.05 Å². The minimum atomic E-state index is 0.579. The summed E-state index contributed by atoms with van der Waals surface area (Å²) in [5.74, 6) is 1.71. The predicted octanol–water partition coefficient (Wildman–Crippen LogP) is 2.78. The zero-order chi connectivity index (χ0) is 11.7. The van der Waals surface area contributed by atoms with Crippen LogP contribution in [0.1, 0.15) is 24.3 Å². The molecule has 3 heteroatoms. The Morgan fingerprint density at radius 1 is 1.18 bits per heavy atom. The lowest BCUT2D eigenvalue weighted by atomic mass is 9.76. The van der Waals surface area contributed by atoms with Gasteiger partial charge in [-0.2, -0.15) is 5.10 Å². The molecule has 0 spiro atoms. The van der Waals surface area contributed by atoms with Crippen LogP contribution in [0.2, 0.25) is 0 Å². The number of benzene rings is 1. The van der Waals surface area contributed by atoms with Crippen molar-refractivity contribution in [2.45, 2.75) is 24.8 Å². The molecule has 1 heterocycles. The van der Waals surface area contributed by atoms with Crippen molar-refractivity contribution < 1.29 is 0 Å². The van der Waals surface area contributed by atoms with Crippen molar-refractivity contribution in [1.29, 1.82) is 0 Å². The van der Waals surface area contributed by atoms with E-state index in [1.807, 2.05) is 24.0 Å². The molecule has 0 amide bonds. The fourth-order valence-electron chi connectivity index (χ4n) is 2.43. The van der Waals surface area contributed by atoms with Gasteiger partial charge >= 0.3 is 0 Å². The molecule has 1 saturated carbocycles. The van der Waals surface area contributed by atoms with Crippen molar-refractivity contribution in [2.75, 3.05) is 5.32 Å². The van der Waals surface area contributed by atoms with E-state index < -0.39 is 0 Å². The lowest BCUT2D eigenvalue weighted by Crippen LogP contribution is -2.34. The van der Waals surface area contributed by atoms with Crippen LogP contribution in [0, 0.1) is 0 Å². The summed E-state index contributed by atoms with van der Waals surface area (Å²) in [5.41, 5.74) is 1.46. The molecule has 2 aromatic rings. The number of nitrogens with zero attached hydrogens (tertiary/aromatic N) is 2. The molecule has 1 aromatic carbocycles. The molecule has 0 saturated heterocycles. The van der Waals surface area contributed by atoms with E-state index in [0.717, 1.165) is 11.7 Å². The first kappa shape index (κ1) is 10.4. The van der Waals surface area contributed by atoms with Crippen molar-refractivity contribution >= 4 is 5.82 Å². The second kappa shape index (κ2) is 4.24. The monoisotopic (exact) mass is 227 g/mol. The molecule has 88 valence electrons. The van der Waals surface area contributed by atoms with Crippen LogP contribution in [0.3, 0.4) is 0 Å². The molecule has 3 rings (SSSR count). The third-order valence-electron chi connectivity index (χ3n) is 3.47. The highest BCUT2D eigenvalue weighted by Crippen LogP contribution is 2.37. The smallest absolute Gasteiger partial charge is 0.148 e. The molecule has 17 heavy (non-hydrogen) atoms. The molecule has 1 aromatic heterocycles. The van der Waals surface area contributed by atoms with Gasteiger partial charge in [-0.3, -0.25) is 4.68 Å². The maximum absolute atomic E-state index is 4.34. The maximum Gasteiger partial charge on any atom is 0.148 e. The first-order chi connectivity index (χ1) is 8.31. The van der Waals surface area contributed by atoms with Gasteiger partial charge in [-0.15, -0.1) is 0 Å². The molecule has 0 bridgehead atoms. The van der Waals surface area contributed by atoms with Gasteiger partial charge in [0.05, 0.1) is 0 Å². The maximum atomic E-state index is 4.34. The minimum absolute atomic E-state index is 0.579. The summed E-state index contributed by atoms with van der Waals surface area (Å²) in [7, 11) is 1.94. The summed E-state index contributed by atoms with van der Waals surface area (Å²) in [4.78, 5) is 0.